The van der Waals surface area contributed by atoms with Crippen molar-refractivity contribution in [1.29, 1.82) is 0 Å². The fraction of sp³-hybridized carbons (Fsp3) is 0.211. The zero-order valence-corrected chi connectivity index (χ0v) is 14.4. The summed E-state index contributed by atoms with van der Waals surface area (Å²) in [7, 11) is 0. The molecule has 7 heteroatoms. The maximum Gasteiger partial charge on any atom is 0.311 e. The van der Waals surface area contributed by atoms with Gasteiger partial charge in [0.25, 0.3) is 5.91 Å². The predicted molar refractivity (Wildman–Crippen MR) is 96.4 cm³/mol. The molecule has 1 aromatic heterocycles. The summed E-state index contributed by atoms with van der Waals surface area (Å²) in [5.41, 5.74) is 0.680. The number of carbonyl (C=O) groups excluding carboxylic acids is 1. The van der Waals surface area contributed by atoms with E-state index in [1.165, 1.54) is 18.2 Å². The number of nitro benzene ring substituents is 1. The highest BCUT2D eigenvalue weighted by Crippen LogP contribution is 2.28. The van der Waals surface area contributed by atoms with Gasteiger partial charge in [0.1, 0.15) is 11.3 Å². The zero-order valence-electron chi connectivity index (χ0n) is 14.4. The highest BCUT2D eigenvalue weighted by molar-refractivity contribution is 5.95. The topological polar surface area (TPSA) is 94.6 Å². The monoisotopic (exact) mass is 354 g/mol. The molecule has 0 unspecified atom stereocenters. The van der Waals surface area contributed by atoms with E-state index in [0.29, 0.717) is 12.4 Å². The van der Waals surface area contributed by atoms with Crippen LogP contribution in [0.2, 0.25) is 0 Å². The van der Waals surface area contributed by atoms with Crippen molar-refractivity contribution < 1.29 is 18.9 Å². The molecule has 0 spiro atoms. The van der Waals surface area contributed by atoms with Crippen molar-refractivity contribution in [3.63, 3.8) is 0 Å². The summed E-state index contributed by atoms with van der Waals surface area (Å²) in [5, 5.41) is 14.9. The number of furan rings is 1. The van der Waals surface area contributed by atoms with Gasteiger partial charge in [0.05, 0.1) is 17.6 Å². The molecule has 0 saturated carbocycles. The second kappa shape index (κ2) is 7.26. The van der Waals surface area contributed by atoms with Gasteiger partial charge < -0.3 is 14.5 Å². The number of nitrogens with one attached hydrogen (secondary N) is 1. The summed E-state index contributed by atoms with van der Waals surface area (Å²) in [5.74, 6) is 0.323. The highest BCUT2D eigenvalue weighted by Gasteiger charge is 2.20. The maximum absolute atomic E-state index is 12.5. The number of ether oxygens (including phenoxy) is 1. The van der Waals surface area contributed by atoms with Crippen LogP contribution in [0.5, 0.6) is 5.75 Å². The third-order valence-electron chi connectivity index (χ3n) is 3.94. The number of hydrogen-bond acceptors (Lipinski definition) is 5. The summed E-state index contributed by atoms with van der Waals surface area (Å²) in [6, 6.07) is 13.2. The minimum Gasteiger partial charge on any atom is -0.487 e. The lowest BCUT2D eigenvalue weighted by molar-refractivity contribution is -0.385. The SMILES string of the molecule is CCOc1ccc(C(=O)N[C@@H](C)c2cc3ccccc3o2)cc1[N+](=O)[O-]. The number of carbonyl (C=O) groups is 1. The molecule has 3 aromatic rings. The first-order chi connectivity index (χ1) is 12.5. The molecular weight excluding hydrogens is 336 g/mol. The molecule has 0 aliphatic heterocycles. The molecule has 0 saturated heterocycles. The van der Waals surface area contributed by atoms with Gasteiger partial charge in [-0.05, 0) is 38.1 Å². The van der Waals surface area contributed by atoms with E-state index in [4.69, 9.17) is 9.15 Å². The van der Waals surface area contributed by atoms with Crippen LogP contribution in [0, 0.1) is 10.1 Å². The van der Waals surface area contributed by atoms with Crippen molar-refractivity contribution >= 4 is 22.6 Å². The lowest BCUT2D eigenvalue weighted by Gasteiger charge is -2.12. The molecular formula is C19H18N2O5. The summed E-state index contributed by atoms with van der Waals surface area (Å²) in [4.78, 5) is 23.1. The van der Waals surface area contributed by atoms with Crippen LogP contribution in [0.1, 0.15) is 36.0 Å². The Kier molecular flexibility index (Phi) is 4.88. The first-order valence-corrected chi connectivity index (χ1v) is 8.20. The molecule has 134 valence electrons. The van der Waals surface area contributed by atoms with Crippen molar-refractivity contribution in [2.24, 2.45) is 0 Å². The molecule has 2 aromatic carbocycles. The van der Waals surface area contributed by atoms with Crippen molar-refractivity contribution in [1.82, 2.24) is 5.32 Å². The summed E-state index contributed by atoms with van der Waals surface area (Å²) < 4.78 is 11.0. The second-order valence-electron chi connectivity index (χ2n) is 5.75. The lowest BCUT2D eigenvalue weighted by Crippen LogP contribution is -2.26. The van der Waals surface area contributed by atoms with E-state index in [2.05, 4.69) is 5.32 Å². The quantitative estimate of drug-likeness (QED) is 0.528. The number of fused-ring (bicyclic) bond motifs is 1. The van der Waals surface area contributed by atoms with Gasteiger partial charge in [0.2, 0.25) is 0 Å². The van der Waals surface area contributed by atoms with E-state index >= 15 is 0 Å². The molecule has 1 atom stereocenters. The van der Waals surface area contributed by atoms with Gasteiger partial charge in [-0.1, -0.05) is 18.2 Å². The Morgan fingerprint density at radius 1 is 1.27 bits per heavy atom. The fourth-order valence-corrected chi connectivity index (χ4v) is 2.65. The van der Waals surface area contributed by atoms with Gasteiger partial charge in [-0.15, -0.1) is 0 Å². The van der Waals surface area contributed by atoms with Gasteiger partial charge in [0.15, 0.2) is 5.75 Å². The molecule has 0 fully saturated rings. The Hall–Kier alpha value is -3.35. The second-order valence-corrected chi connectivity index (χ2v) is 5.75. The molecule has 0 bridgehead atoms. The first kappa shape index (κ1) is 17.5. The average Bonchev–Trinajstić information content (AvgIpc) is 3.06. The van der Waals surface area contributed by atoms with Gasteiger partial charge in [-0.2, -0.15) is 0 Å². The molecule has 1 heterocycles. The third-order valence-corrected chi connectivity index (χ3v) is 3.94. The van der Waals surface area contributed by atoms with Crippen LogP contribution in [0.25, 0.3) is 11.0 Å². The van der Waals surface area contributed by atoms with Crippen LogP contribution in [0.3, 0.4) is 0 Å². The average molecular weight is 354 g/mol. The highest BCUT2D eigenvalue weighted by atomic mass is 16.6. The van der Waals surface area contributed by atoms with E-state index in [1.807, 2.05) is 30.3 Å². The summed E-state index contributed by atoms with van der Waals surface area (Å²) in [6.07, 6.45) is 0. The van der Waals surface area contributed by atoms with E-state index in [9.17, 15) is 14.9 Å². The minimum atomic E-state index is -0.565. The molecule has 0 aliphatic carbocycles. The van der Waals surface area contributed by atoms with Gasteiger partial charge >= 0.3 is 5.69 Å². The van der Waals surface area contributed by atoms with E-state index in [0.717, 1.165) is 11.0 Å². The molecule has 3 rings (SSSR count). The van der Waals surface area contributed by atoms with Crippen LogP contribution in [0.15, 0.2) is 52.9 Å². The number of hydrogen-bond donors (Lipinski definition) is 1. The Morgan fingerprint density at radius 3 is 2.73 bits per heavy atom. The third kappa shape index (κ3) is 3.51. The van der Waals surface area contributed by atoms with Crippen molar-refractivity contribution in [2.75, 3.05) is 6.61 Å². The predicted octanol–water partition coefficient (Wildman–Crippen LogP) is 4.23. The van der Waals surface area contributed by atoms with E-state index in [-0.39, 0.29) is 23.0 Å². The zero-order chi connectivity index (χ0) is 18.7. The molecule has 1 amide bonds. The molecule has 7 nitrogen and oxygen atoms in total. The number of benzene rings is 2. The van der Waals surface area contributed by atoms with Crippen molar-refractivity contribution in [3.8, 4) is 5.75 Å². The number of nitrogens with zero attached hydrogens (tertiary/aromatic N) is 1. The molecule has 26 heavy (non-hydrogen) atoms. The van der Waals surface area contributed by atoms with Gasteiger partial charge in [0, 0.05) is 17.0 Å². The Morgan fingerprint density at radius 2 is 2.04 bits per heavy atom. The normalized spacial score (nSPS) is 11.9. The Balaban J connectivity index is 1.80. The number of nitro groups is 1. The Labute approximate surface area is 149 Å². The molecule has 0 radical (unpaired) electrons. The van der Waals surface area contributed by atoms with Crippen molar-refractivity contribution in [2.45, 2.75) is 19.9 Å². The van der Waals surface area contributed by atoms with Crippen molar-refractivity contribution in [3.05, 3.63) is 70.0 Å². The number of para-hydroxylation sites is 1. The minimum absolute atomic E-state index is 0.138. The standard InChI is InChI=1S/C19H18N2O5/c1-3-25-17-9-8-14(10-15(17)21(23)24)19(22)20-12(2)18-11-13-6-4-5-7-16(13)26-18/h4-12H,3H2,1-2H3,(H,20,22)/t12-/m0/s1. The van der Waals surface area contributed by atoms with Crippen LogP contribution < -0.4 is 10.1 Å². The first-order valence-electron chi connectivity index (χ1n) is 8.20. The van der Waals surface area contributed by atoms with E-state index < -0.39 is 10.8 Å². The summed E-state index contributed by atoms with van der Waals surface area (Å²) >= 11 is 0. The smallest absolute Gasteiger partial charge is 0.311 e. The molecule has 0 aliphatic rings. The largest absolute Gasteiger partial charge is 0.487 e. The van der Waals surface area contributed by atoms with Crippen LogP contribution >= 0.6 is 0 Å². The summed E-state index contributed by atoms with van der Waals surface area (Å²) in [6.45, 7) is 3.83. The molecule has 1 N–H and O–H groups in total. The Bertz CT molecular complexity index is 930. The van der Waals surface area contributed by atoms with Crippen LogP contribution in [-0.4, -0.2) is 17.4 Å². The van der Waals surface area contributed by atoms with Gasteiger partial charge in [-0.3, -0.25) is 14.9 Å². The van der Waals surface area contributed by atoms with Crippen LogP contribution in [-0.2, 0) is 0 Å². The fourth-order valence-electron chi connectivity index (χ4n) is 2.65. The number of amides is 1. The lowest BCUT2D eigenvalue weighted by atomic mass is 10.1. The maximum atomic E-state index is 12.5. The van der Waals surface area contributed by atoms with Gasteiger partial charge in [-0.25, -0.2) is 0 Å². The number of rotatable bonds is 6. The van der Waals surface area contributed by atoms with E-state index in [1.54, 1.807) is 13.8 Å². The van der Waals surface area contributed by atoms with Crippen LogP contribution in [0.4, 0.5) is 5.69 Å².